The predicted octanol–water partition coefficient (Wildman–Crippen LogP) is 4.66. The van der Waals surface area contributed by atoms with Crippen molar-refractivity contribution in [1.82, 2.24) is 9.80 Å². The third-order valence-electron chi connectivity index (χ3n) is 7.07. The number of aliphatic hydroxyl groups is 1. The molecule has 0 aliphatic carbocycles. The third kappa shape index (κ3) is 6.57. The molecule has 0 saturated carbocycles. The molecule has 0 radical (unpaired) electrons. The molecule has 3 heterocycles. The van der Waals surface area contributed by atoms with Gasteiger partial charge in [-0.2, -0.15) is 0 Å². The lowest BCUT2D eigenvalue weighted by molar-refractivity contribution is -0.158. The molecule has 8 heteroatoms. The van der Waals surface area contributed by atoms with E-state index in [0.29, 0.717) is 39.1 Å². The first-order chi connectivity index (χ1) is 16.6. The minimum atomic E-state index is -0.744. The summed E-state index contributed by atoms with van der Waals surface area (Å²) >= 11 is 8.17. The van der Waals surface area contributed by atoms with E-state index in [1.807, 2.05) is 42.2 Å². The molecular weight excluding hydrogens is 484 g/mol. The molecule has 1 amide bonds. The normalized spacial score (nSPS) is 21.9. The molecule has 2 aliphatic heterocycles. The van der Waals surface area contributed by atoms with Crippen LogP contribution in [0.25, 0.3) is 0 Å². The van der Waals surface area contributed by atoms with Crippen LogP contribution in [0.5, 0.6) is 5.75 Å². The van der Waals surface area contributed by atoms with Gasteiger partial charge in [-0.15, -0.1) is 11.3 Å². The van der Waals surface area contributed by atoms with E-state index >= 15 is 0 Å². The molecule has 2 saturated heterocycles. The topological polar surface area (TPSA) is 62.2 Å². The molecule has 2 fully saturated rings. The zero-order chi connectivity index (χ0) is 25.2. The van der Waals surface area contributed by atoms with Crippen molar-refractivity contribution in [2.45, 2.75) is 65.2 Å². The quantitative estimate of drug-likeness (QED) is 0.575. The van der Waals surface area contributed by atoms with Gasteiger partial charge in [0.05, 0.1) is 19.1 Å². The van der Waals surface area contributed by atoms with Gasteiger partial charge in [0.2, 0.25) is 5.91 Å². The minimum Gasteiger partial charge on any atom is -0.490 e. The number of carbonyl (C=O) groups is 1. The fourth-order valence-corrected chi connectivity index (χ4v) is 6.14. The van der Waals surface area contributed by atoms with Crippen molar-refractivity contribution < 1.29 is 19.4 Å². The van der Waals surface area contributed by atoms with Gasteiger partial charge >= 0.3 is 0 Å². The lowest BCUT2D eigenvalue weighted by Gasteiger charge is -2.43. The molecule has 0 spiro atoms. The second-order valence-electron chi connectivity index (χ2n) is 10.1. The zero-order valence-electron chi connectivity index (χ0n) is 21.2. The van der Waals surface area contributed by atoms with Gasteiger partial charge in [0.25, 0.3) is 0 Å². The first kappa shape index (κ1) is 26.4. The molecule has 1 aromatic heterocycles. The van der Waals surface area contributed by atoms with Crippen LogP contribution in [0.1, 0.15) is 45.7 Å². The summed E-state index contributed by atoms with van der Waals surface area (Å²) in [5.74, 6) is 0.802. The van der Waals surface area contributed by atoms with E-state index in [1.54, 1.807) is 0 Å². The molecule has 4 rings (SSSR count). The van der Waals surface area contributed by atoms with Crippen LogP contribution >= 0.6 is 22.9 Å². The van der Waals surface area contributed by atoms with Gasteiger partial charge in [-0.1, -0.05) is 11.6 Å². The minimum absolute atomic E-state index is 0.0633. The van der Waals surface area contributed by atoms with E-state index in [0.717, 1.165) is 35.0 Å². The molecule has 2 aliphatic rings. The molecule has 1 aromatic carbocycles. The standard InChI is InChI=1S/C27H37ClN2O4S/c1-18-11-24(12-19(2)26(18)28)33-17-27(14-25(32)30-7-5-23(31)6-8-30)16-29(9-10-34-27)15-22-13-20(3)35-21(22)4/h11-13,23,31H,5-10,14-17H2,1-4H3/t27-/m1/s1. The van der Waals surface area contributed by atoms with E-state index < -0.39 is 5.60 Å². The molecule has 0 bridgehead atoms. The number of amides is 1. The van der Waals surface area contributed by atoms with E-state index in [-0.39, 0.29) is 25.0 Å². The van der Waals surface area contributed by atoms with Crippen LogP contribution < -0.4 is 4.74 Å². The monoisotopic (exact) mass is 520 g/mol. The number of ether oxygens (including phenoxy) is 2. The highest BCUT2D eigenvalue weighted by molar-refractivity contribution is 7.12. The number of hydrogen-bond donors (Lipinski definition) is 1. The van der Waals surface area contributed by atoms with Crippen LogP contribution in [0.2, 0.25) is 5.02 Å². The van der Waals surface area contributed by atoms with Crippen molar-refractivity contribution in [3.05, 3.63) is 49.7 Å². The highest BCUT2D eigenvalue weighted by Crippen LogP contribution is 2.31. The molecule has 1 N–H and O–H groups in total. The molecule has 6 nitrogen and oxygen atoms in total. The fraction of sp³-hybridized carbons (Fsp3) is 0.593. The summed E-state index contributed by atoms with van der Waals surface area (Å²) in [5.41, 5.74) is 2.53. The number of carbonyl (C=O) groups excluding carboxylic acids is 1. The number of aryl methyl sites for hydroxylation is 4. The van der Waals surface area contributed by atoms with Gasteiger partial charge in [-0.3, -0.25) is 9.69 Å². The average molecular weight is 521 g/mol. The number of halogens is 1. The molecular formula is C27H37ClN2O4S. The highest BCUT2D eigenvalue weighted by atomic mass is 35.5. The first-order valence-corrected chi connectivity index (χ1v) is 13.6. The van der Waals surface area contributed by atoms with Gasteiger partial charge in [0.15, 0.2) is 0 Å². The predicted molar refractivity (Wildman–Crippen MR) is 141 cm³/mol. The van der Waals surface area contributed by atoms with Crippen molar-refractivity contribution in [3.63, 3.8) is 0 Å². The number of piperidine rings is 1. The van der Waals surface area contributed by atoms with Crippen molar-refractivity contribution in [2.75, 3.05) is 39.4 Å². The third-order valence-corrected chi connectivity index (χ3v) is 8.67. The maximum absolute atomic E-state index is 13.3. The Morgan fingerprint density at radius 3 is 2.49 bits per heavy atom. The van der Waals surface area contributed by atoms with Gasteiger partial charge in [-0.05, 0) is 75.4 Å². The van der Waals surface area contributed by atoms with Gasteiger partial charge in [0.1, 0.15) is 18.0 Å². The Balaban J connectivity index is 1.52. The summed E-state index contributed by atoms with van der Waals surface area (Å²) in [6, 6.07) is 6.14. The largest absolute Gasteiger partial charge is 0.490 e. The van der Waals surface area contributed by atoms with Gasteiger partial charge in [0, 0.05) is 47.5 Å². The van der Waals surface area contributed by atoms with Gasteiger partial charge < -0.3 is 19.5 Å². The number of likely N-dealkylation sites (tertiary alicyclic amines) is 1. The molecule has 2 aromatic rings. The van der Waals surface area contributed by atoms with E-state index in [4.69, 9.17) is 21.1 Å². The van der Waals surface area contributed by atoms with Crippen molar-refractivity contribution >= 4 is 28.8 Å². The lowest BCUT2D eigenvalue weighted by Crippen LogP contribution is -2.57. The van der Waals surface area contributed by atoms with Crippen molar-refractivity contribution in [3.8, 4) is 5.75 Å². The number of morpholine rings is 1. The smallest absolute Gasteiger partial charge is 0.225 e. The number of benzene rings is 1. The van der Waals surface area contributed by atoms with Crippen molar-refractivity contribution in [1.29, 1.82) is 0 Å². The highest BCUT2D eigenvalue weighted by Gasteiger charge is 2.41. The Morgan fingerprint density at radius 1 is 1.17 bits per heavy atom. The summed E-state index contributed by atoms with van der Waals surface area (Å²) in [6.45, 7) is 12.5. The summed E-state index contributed by atoms with van der Waals surface area (Å²) < 4.78 is 12.6. The average Bonchev–Trinajstić information content (AvgIpc) is 3.13. The second kappa shape index (κ2) is 11.2. The molecule has 35 heavy (non-hydrogen) atoms. The summed E-state index contributed by atoms with van der Waals surface area (Å²) in [4.78, 5) is 20.2. The van der Waals surface area contributed by atoms with Crippen LogP contribution in [0.3, 0.4) is 0 Å². The molecule has 0 unspecified atom stereocenters. The summed E-state index contributed by atoms with van der Waals surface area (Å²) in [7, 11) is 0. The summed E-state index contributed by atoms with van der Waals surface area (Å²) in [5, 5.41) is 10.6. The Hall–Kier alpha value is -1.64. The lowest BCUT2D eigenvalue weighted by atomic mass is 9.95. The van der Waals surface area contributed by atoms with E-state index in [9.17, 15) is 9.90 Å². The van der Waals surface area contributed by atoms with Crippen LogP contribution in [0.15, 0.2) is 18.2 Å². The zero-order valence-corrected chi connectivity index (χ0v) is 22.8. The van der Waals surface area contributed by atoms with E-state index in [1.165, 1.54) is 15.3 Å². The number of nitrogens with zero attached hydrogens (tertiary/aromatic N) is 2. The number of rotatable bonds is 7. The first-order valence-electron chi connectivity index (χ1n) is 12.4. The van der Waals surface area contributed by atoms with E-state index in [2.05, 4.69) is 24.8 Å². The molecule has 192 valence electrons. The van der Waals surface area contributed by atoms with Crippen LogP contribution in [-0.2, 0) is 16.1 Å². The molecule has 1 atom stereocenters. The fourth-order valence-electron chi connectivity index (χ4n) is 5.09. The summed E-state index contributed by atoms with van der Waals surface area (Å²) in [6.07, 6.45) is 1.20. The maximum Gasteiger partial charge on any atom is 0.225 e. The number of hydrogen-bond acceptors (Lipinski definition) is 6. The number of thiophene rings is 1. The Labute approximate surface area is 217 Å². The maximum atomic E-state index is 13.3. The van der Waals surface area contributed by atoms with Crippen LogP contribution in [-0.4, -0.2) is 71.9 Å². The second-order valence-corrected chi connectivity index (χ2v) is 12.0. The number of aliphatic hydroxyl groups excluding tert-OH is 1. The van der Waals surface area contributed by atoms with Crippen molar-refractivity contribution in [2.24, 2.45) is 0 Å². The van der Waals surface area contributed by atoms with Gasteiger partial charge in [-0.25, -0.2) is 0 Å². The SMILES string of the molecule is Cc1cc(CN2CCO[C@](COc3cc(C)c(Cl)c(C)c3)(CC(=O)N3CCC(O)CC3)C2)c(C)s1. The van der Waals surface area contributed by atoms with Crippen LogP contribution in [0, 0.1) is 27.7 Å². The van der Waals surface area contributed by atoms with Crippen LogP contribution in [0.4, 0.5) is 0 Å². The Bertz CT molecular complexity index is 1030. The Morgan fingerprint density at radius 2 is 1.86 bits per heavy atom. The Kier molecular flexibility index (Phi) is 8.44.